The number of ether oxygens (including phenoxy) is 1. The smallest absolute Gasteiger partial charge is 0.337 e. The number of dihydropyridines is 1. The lowest BCUT2D eigenvalue weighted by Gasteiger charge is -2.27. The van der Waals surface area contributed by atoms with E-state index < -0.39 is 22.7 Å². The van der Waals surface area contributed by atoms with Gasteiger partial charge in [-0.05, 0) is 30.7 Å². The number of anilines is 1. The number of para-hydroxylation sites is 2. The van der Waals surface area contributed by atoms with E-state index in [1.165, 1.54) is 24.5 Å². The van der Waals surface area contributed by atoms with E-state index in [2.05, 4.69) is 16.7 Å². The number of furan rings is 1. The summed E-state index contributed by atoms with van der Waals surface area (Å²) in [5, 5.41) is 27.3. The van der Waals surface area contributed by atoms with Crippen molar-refractivity contribution in [2.75, 3.05) is 11.1 Å². The van der Waals surface area contributed by atoms with Gasteiger partial charge in [-0.25, -0.2) is 4.79 Å². The summed E-state index contributed by atoms with van der Waals surface area (Å²) in [6, 6.07) is 20.5. The second kappa shape index (κ2) is 11.9. The number of amides is 1. The van der Waals surface area contributed by atoms with Gasteiger partial charge in [0, 0.05) is 11.8 Å². The van der Waals surface area contributed by atoms with E-state index in [4.69, 9.17) is 9.15 Å². The predicted molar refractivity (Wildman–Crippen MR) is 140 cm³/mol. The molecular formula is C27H22N4O6S. The van der Waals surface area contributed by atoms with Gasteiger partial charge >= 0.3 is 5.97 Å². The number of hydrogen-bond acceptors (Lipinski definition) is 9. The molecule has 1 unspecified atom stereocenters. The number of nitro groups is 1. The number of thioether (sulfide) groups is 1. The molecule has 2 N–H and O–H groups in total. The van der Waals surface area contributed by atoms with Gasteiger partial charge in [-0.3, -0.25) is 14.9 Å². The van der Waals surface area contributed by atoms with Crippen LogP contribution in [0.15, 0.2) is 99.3 Å². The first kappa shape index (κ1) is 26.2. The average molecular weight is 531 g/mol. The van der Waals surface area contributed by atoms with Crippen molar-refractivity contribution < 1.29 is 23.7 Å². The number of carbonyl (C=O) groups is 2. The Labute approximate surface area is 222 Å². The second-order valence-electron chi connectivity index (χ2n) is 8.14. The molecule has 4 rings (SSSR count). The molecule has 0 radical (unpaired) electrons. The van der Waals surface area contributed by atoms with Crippen LogP contribution in [-0.2, 0) is 20.9 Å². The van der Waals surface area contributed by atoms with Crippen LogP contribution in [0.2, 0.25) is 0 Å². The van der Waals surface area contributed by atoms with Crippen LogP contribution in [0.1, 0.15) is 24.2 Å². The van der Waals surface area contributed by atoms with Crippen LogP contribution in [0.4, 0.5) is 11.4 Å². The predicted octanol–water partition coefficient (Wildman–Crippen LogP) is 5.00. The van der Waals surface area contributed by atoms with Gasteiger partial charge in [0.25, 0.3) is 5.69 Å². The lowest BCUT2D eigenvalue weighted by atomic mass is 9.86. The van der Waals surface area contributed by atoms with Crippen LogP contribution in [-0.4, -0.2) is 22.6 Å². The second-order valence-corrected chi connectivity index (χ2v) is 9.13. The Bertz CT molecular complexity index is 1460. The molecule has 0 fully saturated rings. The van der Waals surface area contributed by atoms with Crippen molar-refractivity contribution in [3.05, 3.63) is 116 Å². The molecule has 1 aliphatic rings. The van der Waals surface area contributed by atoms with Crippen molar-refractivity contribution in [1.82, 2.24) is 5.32 Å². The molecule has 11 heteroatoms. The van der Waals surface area contributed by atoms with Crippen molar-refractivity contribution in [3.8, 4) is 6.07 Å². The number of esters is 1. The number of hydrogen-bond donors (Lipinski definition) is 2. The molecule has 1 aliphatic heterocycles. The van der Waals surface area contributed by atoms with E-state index in [1.807, 2.05) is 30.3 Å². The molecule has 2 heterocycles. The number of benzene rings is 2. The fraction of sp³-hybridized carbons (Fsp3) is 0.148. The van der Waals surface area contributed by atoms with Crippen LogP contribution in [0.25, 0.3) is 0 Å². The fourth-order valence-corrected chi connectivity index (χ4v) is 4.79. The molecular weight excluding hydrogens is 508 g/mol. The Morgan fingerprint density at radius 2 is 1.89 bits per heavy atom. The van der Waals surface area contributed by atoms with Crippen LogP contribution in [0, 0.1) is 21.4 Å². The Morgan fingerprint density at radius 1 is 1.16 bits per heavy atom. The third-order valence-electron chi connectivity index (χ3n) is 5.63. The third kappa shape index (κ3) is 5.93. The van der Waals surface area contributed by atoms with E-state index in [-0.39, 0.29) is 34.9 Å². The van der Waals surface area contributed by atoms with Crippen LogP contribution in [0.3, 0.4) is 0 Å². The molecule has 0 saturated heterocycles. The number of nitrogens with one attached hydrogen (secondary N) is 2. The fourth-order valence-electron chi connectivity index (χ4n) is 3.90. The number of nitrogens with zero attached hydrogens (tertiary/aromatic N) is 2. The molecule has 38 heavy (non-hydrogen) atoms. The highest BCUT2D eigenvalue weighted by atomic mass is 32.2. The highest BCUT2D eigenvalue weighted by molar-refractivity contribution is 8.03. The van der Waals surface area contributed by atoms with E-state index in [1.54, 1.807) is 25.1 Å². The number of carbonyl (C=O) groups excluding carboxylic acids is 2. The SMILES string of the molecule is CC1=C(C(=O)OCc2ccccc2)C(c2ccco2)C(C#N)=C(SCC(=O)Nc2ccccc2[N+](=O)[O-])N1. The largest absolute Gasteiger partial charge is 0.468 e. The molecule has 0 saturated carbocycles. The van der Waals surface area contributed by atoms with Gasteiger partial charge in [0.1, 0.15) is 18.1 Å². The Balaban J connectivity index is 1.54. The molecule has 10 nitrogen and oxygen atoms in total. The quantitative estimate of drug-likeness (QED) is 0.221. The minimum atomic E-state index is -0.847. The molecule has 2 aromatic carbocycles. The van der Waals surface area contributed by atoms with Crippen molar-refractivity contribution in [2.24, 2.45) is 0 Å². The maximum Gasteiger partial charge on any atom is 0.337 e. The van der Waals surface area contributed by atoms with Gasteiger partial charge in [-0.2, -0.15) is 5.26 Å². The van der Waals surface area contributed by atoms with E-state index in [0.717, 1.165) is 17.3 Å². The van der Waals surface area contributed by atoms with Crippen molar-refractivity contribution in [2.45, 2.75) is 19.4 Å². The number of rotatable bonds is 9. The highest BCUT2D eigenvalue weighted by Gasteiger charge is 2.37. The highest BCUT2D eigenvalue weighted by Crippen LogP contribution is 2.41. The first-order valence-corrected chi connectivity index (χ1v) is 12.4. The zero-order valence-corrected chi connectivity index (χ0v) is 21.0. The Kier molecular flexibility index (Phi) is 8.25. The summed E-state index contributed by atoms with van der Waals surface area (Å²) >= 11 is 1.04. The molecule has 192 valence electrons. The maximum atomic E-state index is 13.2. The Hall–Kier alpha value is -4.82. The van der Waals surface area contributed by atoms with Crippen molar-refractivity contribution in [3.63, 3.8) is 0 Å². The third-order valence-corrected chi connectivity index (χ3v) is 6.65. The van der Waals surface area contributed by atoms with E-state index >= 15 is 0 Å². The van der Waals surface area contributed by atoms with Crippen LogP contribution < -0.4 is 10.6 Å². The maximum absolute atomic E-state index is 13.2. The zero-order chi connectivity index (χ0) is 27.1. The van der Waals surface area contributed by atoms with Gasteiger partial charge in [0.2, 0.25) is 5.91 Å². The molecule has 1 amide bonds. The van der Waals surface area contributed by atoms with Gasteiger partial charge in [0.05, 0.1) is 45.1 Å². The minimum absolute atomic E-state index is 0.0559. The number of nitro benzene ring substituents is 1. The van der Waals surface area contributed by atoms with Crippen molar-refractivity contribution in [1.29, 1.82) is 5.26 Å². The summed E-state index contributed by atoms with van der Waals surface area (Å²) < 4.78 is 11.1. The minimum Gasteiger partial charge on any atom is -0.468 e. The van der Waals surface area contributed by atoms with E-state index in [0.29, 0.717) is 16.5 Å². The monoisotopic (exact) mass is 530 g/mol. The van der Waals surface area contributed by atoms with Gasteiger partial charge in [-0.1, -0.05) is 54.2 Å². The standard InChI is InChI=1S/C27H22N4O6S/c1-17-24(27(33)37-15-18-8-3-2-4-9-18)25(22-12-7-13-36-22)19(14-28)26(29-17)38-16-23(32)30-20-10-5-6-11-21(20)31(34)35/h2-13,25,29H,15-16H2,1H3,(H,30,32). The summed E-state index contributed by atoms with van der Waals surface area (Å²) in [7, 11) is 0. The normalized spacial score (nSPS) is 14.9. The van der Waals surface area contributed by atoms with Gasteiger partial charge < -0.3 is 19.8 Å². The summed E-state index contributed by atoms with van der Waals surface area (Å²) in [6.07, 6.45) is 1.45. The average Bonchev–Trinajstić information content (AvgIpc) is 3.45. The molecule has 3 aromatic rings. The summed E-state index contributed by atoms with van der Waals surface area (Å²) in [4.78, 5) is 36.5. The summed E-state index contributed by atoms with van der Waals surface area (Å²) in [6.45, 7) is 1.73. The summed E-state index contributed by atoms with van der Waals surface area (Å²) in [5.74, 6) is -1.73. The first-order valence-electron chi connectivity index (χ1n) is 11.4. The summed E-state index contributed by atoms with van der Waals surface area (Å²) in [5.41, 5.74) is 1.51. The molecule has 0 spiro atoms. The topological polar surface area (TPSA) is 148 Å². The van der Waals surface area contributed by atoms with E-state index in [9.17, 15) is 25.0 Å². The van der Waals surface area contributed by atoms with Gasteiger partial charge in [-0.15, -0.1) is 0 Å². The Morgan fingerprint density at radius 3 is 2.58 bits per heavy atom. The van der Waals surface area contributed by atoms with Crippen molar-refractivity contribution >= 4 is 35.0 Å². The molecule has 1 aromatic heterocycles. The molecule has 1 atom stereocenters. The molecule has 0 aliphatic carbocycles. The van der Waals surface area contributed by atoms with Crippen LogP contribution in [0.5, 0.6) is 0 Å². The lowest BCUT2D eigenvalue weighted by molar-refractivity contribution is -0.383. The number of nitriles is 1. The zero-order valence-electron chi connectivity index (χ0n) is 20.2. The lowest BCUT2D eigenvalue weighted by Crippen LogP contribution is -2.29. The first-order chi connectivity index (χ1) is 18.4. The van der Waals surface area contributed by atoms with Gasteiger partial charge in [0.15, 0.2) is 0 Å². The number of allylic oxidation sites excluding steroid dienone is 2. The molecule has 0 bridgehead atoms. The van der Waals surface area contributed by atoms with Crippen LogP contribution >= 0.6 is 11.8 Å².